The number of aromatic nitrogens is 1. The fourth-order valence-corrected chi connectivity index (χ4v) is 1.67. The van der Waals surface area contributed by atoms with Crippen LogP contribution in [0.1, 0.15) is 42.3 Å². The van der Waals surface area contributed by atoms with Crippen LogP contribution in [0.25, 0.3) is 0 Å². The molecule has 4 heteroatoms. The molecule has 0 atom stereocenters. The zero-order valence-electron chi connectivity index (χ0n) is 9.57. The monoisotopic (exact) mass is 207 g/mol. The first-order chi connectivity index (χ1) is 6.97. The molecule has 0 bridgehead atoms. The summed E-state index contributed by atoms with van der Waals surface area (Å²) in [7, 11) is 0. The number of rotatable bonds is 2. The van der Waals surface area contributed by atoms with Gasteiger partial charge in [-0.05, 0) is 31.4 Å². The summed E-state index contributed by atoms with van der Waals surface area (Å²) >= 11 is 0. The molecule has 0 spiro atoms. The maximum absolute atomic E-state index is 8.72. The molecule has 0 radical (unpaired) electrons. The zero-order valence-corrected chi connectivity index (χ0v) is 9.57. The number of aryl methyl sites for hydroxylation is 2. The highest BCUT2D eigenvalue weighted by Gasteiger charge is 2.15. The van der Waals surface area contributed by atoms with Crippen molar-refractivity contribution >= 4 is 5.84 Å². The highest BCUT2D eigenvalue weighted by Crippen LogP contribution is 2.21. The fourth-order valence-electron chi connectivity index (χ4n) is 1.67. The van der Waals surface area contributed by atoms with Gasteiger partial charge >= 0.3 is 0 Å². The van der Waals surface area contributed by atoms with Crippen molar-refractivity contribution in [3.63, 3.8) is 0 Å². The predicted molar refractivity (Wildman–Crippen MR) is 60.3 cm³/mol. The molecular formula is C11H17N3O. The number of oxime groups is 1. The summed E-state index contributed by atoms with van der Waals surface area (Å²) in [6.07, 6.45) is 0. The van der Waals surface area contributed by atoms with Crippen LogP contribution in [0.5, 0.6) is 0 Å². The molecule has 1 rings (SSSR count). The fraction of sp³-hybridized carbons (Fsp3) is 0.455. The molecule has 0 aliphatic heterocycles. The topological polar surface area (TPSA) is 71.5 Å². The van der Waals surface area contributed by atoms with Crippen LogP contribution in [-0.4, -0.2) is 16.0 Å². The molecule has 4 nitrogen and oxygen atoms in total. The van der Waals surface area contributed by atoms with E-state index in [0.717, 1.165) is 22.5 Å². The minimum atomic E-state index is 0.128. The Morgan fingerprint density at radius 1 is 1.47 bits per heavy atom. The van der Waals surface area contributed by atoms with Crippen LogP contribution < -0.4 is 5.73 Å². The molecule has 0 fully saturated rings. The Labute approximate surface area is 89.8 Å². The van der Waals surface area contributed by atoms with Crippen molar-refractivity contribution in [2.45, 2.75) is 33.6 Å². The first kappa shape index (κ1) is 11.5. The van der Waals surface area contributed by atoms with Gasteiger partial charge < -0.3 is 10.9 Å². The number of nitrogens with zero attached hydrogens (tertiary/aromatic N) is 2. The number of amidine groups is 1. The van der Waals surface area contributed by atoms with Gasteiger partial charge in [-0.25, -0.2) is 0 Å². The molecule has 0 aliphatic rings. The predicted octanol–water partition coefficient (Wildman–Crippen LogP) is 1.92. The average Bonchev–Trinajstić information content (AvgIpc) is 2.15. The minimum absolute atomic E-state index is 0.128. The highest BCUT2D eigenvalue weighted by molar-refractivity contribution is 5.99. The third-order valence-corrected chi connectivity index (χ3v) is 2.28. The summed E-state index contributed by atoms with van der Waals surface area (Å²) in [5.41, 5.74) is 9.21. The lowest BCUT2D eigenvalue weighted by atomic mass is 9.98. The molecule has 0 amide bonds. The van der Waals surface area contributed by atoms with E-state index in [-0.39, 0.29) is 11.8 Å². The van der Waals surface area contributed by atoms with E-state index in [1.54, 1.807) is 0 Å². The van der Waals surface area contributed by atoms with Crippen LogP contribution in [0.3, 0.4) is 0 Å². The lowest BCUT2D eigenvalue weighted by molar-refractivity contribution is 0.318. The van der Waals surface area contributed by atoms with Crippen LogP contribution in [0.15, 0.2) is 11.2 Å². The van der Waals surface area contributed by atoms with Gasteiger partial charge in [0, 0.05) is 11.3 Å². The van der Waals surface area contributed by atoms with Crippen LogP contribution >= 0.6 is 0 Å². The van der Waals surface area contributed by atoms with E-state index in [0.29, 0.717) is 0 Å². The Kier molecular flexibility index (Phi) is 3.29. The molecular weight excluding hydrogens is 190 g/mol. The van der Waals surface area contributed by atoms with Gasteiger partial charge in [0.2, 0.25) is 0 Å². The Bertz CT molecular complexity index is 397. The van der Waals surface area contributed by atoms with Crippen molar-refractivity contribution in [3.8, 4) is 0 Å². The highest BCUT2D eigenvalue weighted by atomic mass is 16.4. The van der Waals surface area contributed by atoms with Crippen LogP contribution in [0, 0.1) is 13.8 Å². The molecule has 82 valence electrons. The van der Waals surface area contributed by atoms with Crippen molar-refractivity contribution < 1.29 is 5.21 Å². The second kappa shape index (κ2) is 4.29. The van der Waals surface area contributed by atoms with Gasteiger partial charge in [-0.3, -0.25) is 4.98 Å². The van der Waals surface area contributed by atoms with Crippen LogP contribution in [0.2, 0.25) is 0 Å². The molecule has 3 N–H and O–H groups in total. The van der Waals surface area contributed by atoms with Gasteiger partial charge in [0.05, 0.1) is 5.69 Å². The standard InChI is InChI=1S/C11H17N3O/c1-6(2)10-9(11(12)14-15)7(3)5-8(4)13-10/h5-6,15H,1-4H3,(H2,12,14). The van der Waals surface area contributed by atoms with E-state index < -0.39 is 0 Å². The summed E-state index contributed by atoms with van der Waals surface area (Å²) in [4.78, 5) is 4.43. The van der Waals surface area contributed by atoms with Crippen LogP contribution in [0.4, 0.5) is 0 Å². The maximum Gasteiger partial charge on any atom is 0.172 e. The lowest BCUT2D eigenvalue weighted by Crippen LogP contribution is -2.19. The number of pyridine rings is 1. The summed E-state index contributed by atoms with van der Waals surface area (Å²) in [5, 5.41) is 11.8. The van der Waals surface area contributed by atoms with Crippen molar-refractivity contribution in [1.29, 1.82) is 0 Å². The summed E-state index contributed by atoms with van der Waals surface area (Å²) in [6, 6.07) is 1.93. The van der Waals surface area contributed by atoms with E-state index in [1.165, 1.54) is 0 Å². The number of hydrogen-bond donors (Lipinski definition) is 2. The molecule has 0 unspecified atom stereocenters. The van der Waals surface area contributed by atoms with Gasteiger partial charge in [-0.2, -0.15) is 0 Å². The Hall–Kier alpha value is -1.58. The molecule has 0 aliphatic carbocycles. The van der Waals surface area contributed by atoms with E-state index in [9.17, 15) is 0 Å². The van der Waals surface area contributed by atoms with Crippen molar-refractivity contribution in [1.82, 2.24) is 4.98 Å². The first-order valence-electron chi connectivity index (χ1n) is 4.93. The van der Waals surface area contributed by atoms with Gasteiger partial charge in [0.15, 0.2) is 5.84 Å². The molecule has 1 heterocycles. The average molecular weight is 207 g/mol. The zero-order chi connectivity index (χ0) is 11.6. The van der Waals surface area contributed by atoms with E-state index in [2.05, 4.69) is 10.1 Å². The molecule has 1 aromatic heterocycles. The smallest absolute Gasteiger partial charge is 0.172 e. The summed E-state index contributed by atoms with van der Waals surface area (Å²) in [5.74, 6) is 0.377. The van der Waals surface area contributed by atoms with Crippen LogP contribution in [-0.2, 0) is 0 Å². The van der Waals surface area contributed by atoms with Crippen molar-refractivity contribution in [2.75, 3.05) is 0 Å². The number of nitrogens with two attached hydrogens (primary N) is 1. The van der Waals surface area contributed by atoms with Crippen molar-refractivity contribution in [3.05, 3.63) is 28.6 Å². The van der Waals surface area contributed by atoms with E-state index in [4.69, 9.17) is 10.9 Å². The van der Waals surface area contributed by atoms with Gasteiger partial charge in [0.25, 0.3) is 0 Å². The Morgan fingerprint density at radius 3 is 2.53 bits per heavy atom. The second-order valence-corrected chi connectivity index (χ2v) is 3.98. The molecule has 0 saturated carbocycles. The Balaban J connectivity index is 3.47. The Morgan fingerprint density at radius 2 is 2.07 bits per heavy atom. The van der Waals surface area contributed by atoms with Gasteiger partial charge in [-0.15, -0.1) is 0 Å². The number of hydrogen-bond acceptors (Lipinski definition) is 3. The minimum Gasteiger partial charge on any atom is -0.409 e. The van der Waals surface area contributed by atoms with Crippen molar-refractivity contribution in [2.24, 2.45) is 10.9 Å². The summed E-state index contributed by atoms with van der Waals surface area (Å²) in [6.45, 7) is 7.95. The SMILES string of the molecule is Cc1cc(C)c(/C(N)=N/O)c(C(C)C)n1. The maximum atomic E-state index is 8.72. The van der Waals surface area contributed by atoms with Gasteiger partial charge in [0.1, 0.15) is 0 Å². The normalized spacial score (nSPS) is 12.2. The third kappa shape index (κ3) is 2.26. The van der Waals surface area contributed by atoms with E-state index in [1.807, 2.05) is 33.8 Å². The first-order valence-corrected chi connectivity index (χ1v) is 4.93. The summed E-state index contributed by atoms with van der Waals surface area (Å²) < 4.78 is 0. The lowest BCUT2D eigenvalue weighted by Gasteiger charge is -2.14. The molecule has 15 heavy (non-hydrogen) atoms. The second-order valence-electron chi connectivity index (χ2n) is 3.98. The molecule has 1 aromatic rings. The van der Waals surface area contributed by atoms with Gasteiger partial charge in [-0.1, -0.05) is 19.0 Å². The quantitative estimate of drug-likeness (QED) is 0.337. The van der Waals surface area contributed by atoms with E-state index >= 15 is 0 Å². The third-order valence-electron chi connectivity index (χ3n) is 2.28. The molecule has 0 aromatic carbocycles. The molecule has 0 saturated heterocycles. The largest absolute Gasteiger partial charge is 0.409 e.